The van der Waals surface area contributed by atoms with Crippen molar-refractivity contribution in [2.75, 3.05) is 0 Å². The molecule has 0 radical (unpaired) electrons. The molecule has 0 fully saturated rings. The summed E-state index contributed by atoms with van der Waals surface area (Å²) in [4.78, 5) is 0. The molecule has 0 atom stereocenters. The van der Waals surface area contributed by atoms with Crippen molar-refractivity contribution in [3.63, 3.8) is 0 Å². The third-order valence-corrected chi connectivity index (χ3v) is 1.56. The molecular weight excluding hydrogens is 142 g/mol. The number of hydrogen-bond donors (Lipinski definition) is 0. The molecule has 0 aromatic carbocycles. The third kappa shape index (κ3) is 0.852. The van der Waals surface area contributed by atoms with Crippen LogP contribution in [0.3, 0.4) is 0 Å². The largest absolute Gasteiger partial charge is 0.616 e. The fourth-order valence-corrected chi connectivity index (χ4v) is 1.11. The predicted molar refractivity (Wildman–Crippen MR) is 39.9 cm³/mol. The van der Waals surface area contributed by atoms with Crippen molar-refractivity contribution in [2.24, 2.45) is 0 Å². The molecule has 0 unspecified atom stereocenters. The minimum Gasteiger partial charge on any atom is -0.616 e. The van der Waals surface area contributed by atoms with Crippen LogP contribution in [0.2, 0.25) is 0 Å². The Kier molecular flexibility index (Phi) is 1.12. The van der Waals surface area contributed by atoms with Gasteiger partial charge in [0, 0.05) is 6.07 Å². The monoisotopic (exact) mass is 149 g/mol. The highest BCUT2D eigenvalue weighted by molar-refractivity contribution is 5.70. The Bertz CT molecular complexity index is 392. The van der Waals surface area contributed by atoms with Crippen LogP contribution in [-0.2, 0) is 0 Å². The van der Waals surface area contributed by atoms with E-state index in [1.165, 1.54) is 6.20 Å². The Balaban J connectivity index is 2.90. The highest BCUT2D eigenvalue weighted by Gasteiger charge is 2.06. The van der Waals surface area contributed by atoms with E-state index in [2.05, 4.69) is 0 Å². The van der Waals surface area contributed by atoms with Gasteiger partial charge in [0.2, 0.25) is 0 Å². The van der Waals surface area contributed by atoms with Crippen LogP contribution >= 0.6 is 0 Å². The zero-order valence-corrected chi connectivity index (χ0v) is 6.07. The average Bonchev–Trinajstić information content (AvgIpc) is 2.31. The number of fused-ring (bicyclic) bond motifs is 1. The molecule has 0 amide bonds. The van der Waals surface area contributed by atoms with Crippen LogP contribution in [0.25, 0.3) is 11.1 Å². The molecule has 11 heavy (non-hydrogen) atoms. The van der Waals surface area contributed by atoms with Gasteiger partial charge in [-0.05, 0) is 19.1 Å². The molecule has 0 aliphatic carbocycles. The number of pyridine rings is 1. The van der Waals surface area contributed by atoms with E-state index < -0.39 is 0 Å². The highest BCUT2D eigenvalue weighted by atomic mass is 16.5. The van der Waals surface area contributed by atoms with E-state index in [0.29, 0.717) is 5.71 Å². The molecule has 2 aromatic rings. The van der Waals surface area contributed by atoms with Gasteiger partial charge in [0.25, 0.3) is 0 Å². The minimum atomic E-state index is 0.380. The van der Waals surface area contributed by atoms with Gasteiger partial charge in [0.1, 0.15) is 5.76 Å². The highest BCUT2D eigenvalue weighted by Crippen LogP contribution is 2.13. The van der Waals surface area contributed by atoms with Gasteiger partial charge >= 0.3 is 5.71 Å². The zero-order chi connectivity index (χ0) is 7.84. The SMILES string of the molecule is Cc1cc2ccc[n+]([O-])c2o1. The van der Waals surface area contributed by atoms with E-state index in [1.807, 2.05) is 19.1 Å². The Morgan fingerprint density at radius 3 is 3.09 bits per heavy atom. The van der Waals surface area contributed by atoms with Crippen molar-refractivity contribution in [3.8, 4) is 0 Å². The first kappa shape index (κ1) is 6.22. The minimum absolute atomic E-state index is 0.380. The molecule has 2 aromatic heterocycles. The van der Waals surface area contributed by atoms with Crippen molar-refractivity contribution in [1.82, 2.24) is 0 Å². The van der Waals surface area contributed by atoms with Crippen LogP contribution in [0, 0.1) is 12.1 Å². The maximum Gasteiger partial charge on any atom is 0.392 e. The number of aromatic nitrogens is 1. The smallest absolute Gasteiger partial charge is 0.392 e. The first-order chi connectivity index (χ1) is 5.27. The topological polar surface area (TPSA) is 40.1 Å². The molecule has 0 N–H and O–H groups in total. The summed E-state index contributed by atoms with van der Waals surface area (Å²) in [5.74, 6) is 0.760. The Labute approximate surface area is 63.5 Å². The lowest BCUT2D eigenvalue weighted by molar-refractivity contribution is -0.584. The van der Waals surface area contributed by atoms with E-state index in [0.717, 1.165) is 15.9 Å². The number of rotatable bonds is 0. The predicted octanol–water partition coefficient (Wildman–Crippen LogP) is 1.37. The molecule has 3 heteroatoms. The summed E-state index contributed by atoms with van der Waals surface area (Å²) < 4.78 is 5.87. The third-order valence-electron chi connectivity index (χ3n) is 1.56. The summed E-state index contributed by atoms with van der Waals surface area (Å²) >= 11 is 0. The molecular formula is C8H7NO2. The molecule has 3 nitrogen and oxygen atoms in total. The fraction of sp³-hybridized carbons (Fsp3) is 0.125. The Morgan fingerprint density at radius 1 is 1.55 bits per heavy atom. The summed E-state index contributed by atoms with van der Waals surface area (Å²) in [6, 6.07) is 5.38. The normalized spacial score (nSPS) is 10.6. The Hall–Kier alpha value is -1.51. The molecule has 0 saturated carbocycles. The second-order valence-corrected chi connectivity index (χ2v) is 2.45. The molecule has 0 aliphatic rings. The molecule has 0 spiro atoms. The summed E-state index contributed by atoms with van der Waals surface area (Å²) in [5.41, 5.74) is 0.380. The number of aryl methyl sites for hydroxylation is 1. The van der Waals surface area contributed by atoms with Crippen LogP contribution in [0.1, 0.15) is 5.76 Å². The van der Waals surface area contributed by atoms with Gasteiger partial charge < -0.3 is 9.62 Å². The first-order valence-corrected chi connectivity index (χ1v) is 3.36. The van der Waals surface area contributed by atoms with Gasteiger partial charge in [-0.1, -0.05) is 0 Å². The van der Waals surface area contributed by atoms with Crippen molar-refractivity contribution < 1.29 is 9.15 Å². The van der Waals surface area contributed by atoms with Crippen LogP contribution < -0.4 is 4.73 Å². The van der Waals surface area contributed by atoms with Crippen LogP contribution in [-0.4, -0.2) is 0 Å². The van der Waals surface area contributed by atoms with E-state index >= 15 is 0 Å². The van der Waals surface area contributed by atoms with E-state index in [4.69, 9.17) is 4.42 Å². The average molecular weight is 149 g/mol. The second kappa shape index (κ2) is 1.99. The molecule has 0 saturated heterocycles. The molecule has 0 aliphatic heterocycles. The van der Waals surface area contributed by atoms with E-state index in [-0.39, 0.29) is 0 Å². The number of nitrogens with zero attached hydrogens (tertiary/aromatic N) is 1. The Morgan fingerprint density at radius 2 is 2.36 bits per heavy atom. The lowest BCUT2D eigenvalue weighted by Gasteiger charge is -1.92. The van der Waals surface area contributed by atoms with Gasteiger partial charge in [-0.25, -0.2) is 0 Å². The van der Waals surface area contributed by atoms with E-state index in [9.17, 15) is 5.21 Å². The van der Waals surface area contributed by atoms with E-state index in [1.54, 1.807) is 6.07 Å². The van der Waals surface area contributed by atoms with Crippen molar-refractivity contribution in [3.05, 3.63) is 35.4 Å². The van der Waals surface area contributed by atoms with Crippen LogP contribution in [0.15, 0.2) is 28.8 Å². The molecule has 0 bridgehead atoms. The first-order valence-electron chi connectivity index (χ1n) is 3.36. The van der Waals surface area contributed by atoms with Crippen molar-refractivity contribution in [2.45, 2.75) is 6.92 Å². The lowest BCUT2D eigenvalue weighted by atomic mass is 10.3. The zero-order valence-electron chi connectivity index (χ0n) is 6.07. The van der Waals surface area contributed by atoms with Gasteiger partial charge in [-0.15, -0.1) is 4.73 Å². The second-order valence-electron chi connectivity index (χ2n) is 2.45. The van der Waals surface area contributed by atoms with Gasteiger partial charge in [-0.3, -0.25) is 0 Å². The fourth-order valence-electron chi connectivity index (χ4n) is 1.11. The molecule has 2 heterocycles. The lowest BCUT2D eigenvalue weighted by Crippen LogP contribution is -2.24. The van der Waals surface area contributed by atoms with Gasteiger partial charge in [-0.2, -0.15) is 0 Å². The van der Waals surface area contributed by atoms with Crippen molar-refractivity contribution in [1.29, 1.82) is 0 Å². The number of hydrogen-bond acceptors (Lipinski definition) is 2. The van der Waals surface area contributed by atoms with Crippen LogP contribution in [0.4, 0.5) is 0 Å². The van der Waals surface area contributed by atoms with Crippen LogP contribution in [0.5, 0.6) is 0 Å². The summed E-state index contributed by atoms with van der Waals surface area (Å²) in [7, 11) is 0. The summed E-state index contributed by atoms with van der Waals surface area (Å²) in [5, 5.41) is 11.9. The van der Waals surface area contributed by atoms with Crippen molar-refractivity contribution >= 4 is 11.1 Å². The number of furan rings is 1. The summed E-state index contributed by atoms with van der Waals surface area (Å²) in [6.07, 6.45) is 1.42. The summed E-state index contributed by atoms with van der Waals surface area (Å²) in [6.45, 7) is 1.82. The quantitative estimate of drug-likeness (QED) is 0.419. The maximum atomic E-state index is 11.0. The molecule has 56 valence electrons. The standard InChI is InChI=1S/C8H7NO2/c1-6-5-7-3-2-4-9(10)8(7)11-6/h2-5H,1H3. The maximum absolute atomic E-state index is 11.0. The van der Waals surface area contributed by atoms with Gasteiger partial charge in [0.05, 0.1) is 5.39 Å². The van der Waals surface area contributed by atoms with Gasteiger partial charge in [0.15, 0.2) is 6.20 Å². The molecule has 2 rings (SSSR count).